The van der Waals surface area contributed by atoms with Crippen molar-refractivity contribution < 1.29 is 13.2 Å². The molecule has 0 aromatic heterocycles. The van der Waals surface area contributed by atoms with Crippen LogP contribution in [0.25, 0.3) is 0 Å². The summed E-state index contributed by atoms with van der Waals surface area (Å²) in [6.45, 7) is 4.39. The molecule has 2 rings (SSSR count). The van der Waals surface area contributed by atoms with Crippen molar-refractivity contribution in [1.29, 1.82) is 0 Å². The normalized spacial score (nSPS) is 11.1. The minimum absolute atomic E-state index is 0.183. The molecule has 2 aromatic carbocycles. The average Bonchev–Trinajstić information content (AvgIpc) is 2.57. The zero-order chi connectivity index (χ0) is 17.6. The number of hydrogen-bond donors (Lipinski definition) is 2. The monoisotopic (exact) mass is 346 g/mol. The summed E-state index contributed by atoms with van der Waals surface area (Å²) < 4.78 is 27.4. The van der Waals surface area contributed by atoms with Crippen LogP contribution in [0, 0.1) is 6.92 Å². The molecular weight excluding hydrogens is 324 g/mol. The Bertz CT molecular complexity index is 802. The summed E-state index contributed by atoms with van der Waals surface area (Å²) in [4.78, 5) is 12.4. The van der Waals surface area contributed by atoms with Gasteiger partial charge in [-0.2, -0.15) is 0 Å². The first-order chi connectivity index (χ1) is 11.5. The number of carbonyl (C=O) groups excluding carboxylic acids is 1. The number of unbranched alkanes of at least 4 members (excludes halogenated alkanes) is 1. The van der Waals surface area contributed by atoms with E-state index in [0.717, 1.165) is 12.8 Å². The number of rotatable bonds is 7. The quantitative estimate of drug-likeness (QED) is 0.755. The van der Waals surface area contributed by atoms with Gasteiger partial charge in [-0.3, -0.25) is 9.52 Å². The van der Waals surface area contributed by atoms with Gasteiger partial charge in [0.1, 0.15) is 0 Å². The number of amides is 1. The van der Waals surface area contributed by atoms with Crippen LogP contribution in [-0.4, -0.2) is 20.9 Å². The molecule has 0 unspecified atom stereocenters. The zero-order valence-electron chi connectivity index (χ0n) is 13.9. The summed E-state index contributed by atoms with van der Waals surface area (Å²) in [5, 5.41) is 2.85. The highest BCUT2D eigenvalue weighted by atomic mass is 32.2. The molecule has 1 amide bonds. The first-order valence-corrected chi connectivity index (χ1v) is 9.39. The topological polar surface area (TPSA) is 75.3 Å². The van der Waals surface area contributed by atoms with Crippen molar-refractivity contribution in [2.45, 2.75) is 31.6 Å². The lowest BCUT2D eigenvalue weighted by molar-refractivity contribution is 0.0952. The molecule has 0 saturated carbocycles. The highest BCUT2D eigenvalue weighted by molar-refractivity contribution is 7.92. The van der Waals surface area contributed by atoms with Gasteiger partial charge in [0.25, 0.3) is 15.9 Å². The smallest absolute Gasteiger partial charge is 0.261 e. The fraction of sp³-hybridized carbons (Fsp3) is 0.278. The van der Waals surface area contributed by atoms with Crippen molar-refractivity contribution in [2.75, 3.05) is 11.3 Å². The molecule has 5 nitrogen and oxygen atoms in total. The van der Waals surface area contributed by atoms with E-state index in [4.69, 9.17) is 0 Å². The Balaban J connectivity index is 2.23. The summed E-state index contributed by atoms with van der Waals surface area (Å²) in [5.74, 6) is -0.193. The Labute approximate surface area is 143 Å². The Hall–Kier alpha value is -2.34. The van der Waals surface area contributed by atoms with Gasteiger partial charge in [-0.25, -0.2) is 8.42 Å². The molecule has 2 aromatic rings. The van der Waals surface area contributed by atoms with Crippen LogP contribution in [0.5, 0.6) is 0 Å². The van der Waals surface area contributed by atoms with Crippen molar-refractivity contribution in [1.82, 2.24) is 5.32 Å². The van der Waals surface area contributed by atoms with Gasteiger partial charge in [-0.05, 0) is 43.2 Å². The van der Waals surface area contributed by atoms with Gasteiger partial charge in [0.2, 0.25) is 0 Å². The molecule has 0 aliphatic carbocycles. The van der Waals surface area contributed by atoms with Crippen molar-refractivity contribution in [3.05, 3.63) is 59.7 Å². The summed E-state index contributed by atoms with van der Waals surface area (Å²) in [5.41, 5.74) is 1.48. The lowest BCUT2D eigenvalue weighted by Gasteiger charge is -2.14. The summed E-state index contributed by atoms with van der Waals surface area (Å²) in [6.07, 6.45) is 1.90. The van der Waals surface area contributed by atoms with Crippen LogP contribution < -0.4 is 10.0 Å². The van der Waals surface area contributed by atoms with Crippen LogP contribution in [0.1, 0.15) is 35.7 Å². The molecule has 0 aliphatic heterocycles. The van der Waals surface area contributed by atoms with Gasteiger partial charge >= 0.3 is 0 Å². The Kier molecular flexibility index (Phi) is 5.98. The largest absolute Gasteiger partial charge is 0.352 e. The van der Waals surface area contributed by atoms with Gasteiger partial charge in [-0.1, -0.05) is 37.6 Å². The summed E-state index contributed by atoms with van der Waals surface area (Å²) >= 11 is 0. The van der Waals surface area contributed by atoms with Crippen LogP contribution in [0.3, 0.4) is 0 Å². The van der Waals surface area contributed by atoms with Gasteiger partial charge in [0.15, 0.2) is 0 Å². The number of benzene rings is 2. The fourth-order valence-electron chi connectivity index (χ4n) is 2.27. The van der Waals surface area contributed by atoms with Gasteiger partial charge in [0, 0.05) is 12.1 Å². The second-order valence-electron chi connectivity index (χ2n) is 5.51. The number of carbonyl (C=O) groups is 1. The van der Waals surface area contributed by atoms with E-state index in [2.05, 4.69) is 17.0 Å². The first kappa shape index (κ1) is 18.0. The van der Waals surface area contributed by atoms with E-state index < -0.39 is 10.0 Å². The van der Waals surface area contributed by atoms with Crippen molar-refractivity contribution in [3.8, 4) is 0 Å². The van der Waals surface area contributed by atoms with Gasteiger partial charge < -0.3 is 5.32 Å². The van der Waals surface area contributed by atoms with E-state index in [0.29, 0.717) is 23.4 Å². The van der Waals surface area contributed by atoms with Gasteiger partial charge in [-0.15, -0.1) is 0 Å². The van der Waals surface area contributed by atoms with E-state index in [1.54, 1.807) is 43.3 Å². The molecule has 24 heavy (non-hydrogen) atoms. The molecule has 128 valence electrons. The minimum Gasteiger partial charge on any atom is -0.352 e. The molecule has 0 saturated heterocycles. The zero-order valence-corrected chi connectivity index (χ0v) is 14.7. The lowest BCUT2D eigenvalue weighted by atomic mass is 10.1. The van der Waals surface area contributed by atoms with E-state index >= 15 is 0 Å². The van der Waals surface area contributed by atoms with Crippen molar-refractivity contribution in [3.63, 3.8) is 0 Å². The lowest BCUT2D eigenvalue weighted by Crippen LogP contribution is -2.25. The van der Waals surface area contributed by atoms with Crippen LogP contribution >= 0.6 is 0 Å². The molecule has 0 atom stereocenters. The fourth-order valence-corrected chi connectivity index (χ4v) is 3.41. The first-order valence-electron chi connectivity index (χ1n) is 7.91. The van der Waals surface area contributed by atoms with Crippen molar-refractivity contribution in [2.24, 2.45) is 0 Å². The third-order valence-corrected chi connectivity index (χ3v) is 5.07. The molecule has 0 radical (unpaired) electrons. The molecule has 0 spiro atoms. The van der Waals surface area contributed by atoms with Crippen LogP contribution in [-0.2, 0) is 10.0 Å². The highest BCUT2D eigenvalue weighted by Crippen LogP contribution is 2.22. The molecule has 0 fully saturated rings. The van der Waals surface area contributed by atoms with Crippen LogP contribution in [0.15, 0.2) is 53.4 Å². The standard InChI is InChI=1S/C18H22N2O3S/c1-3-4-13-19-18(21)16-11-8-12-17(14(16)2)20-24(22,23)15-9-6-5-7-10-15/h5-12,20H,3-4,13H2,1-2H3,(H,19,21). The van der Waals surface area contributed by atoms with E-state index in [-0.39, 0.29) is 10.8 Å². The van der Waals surface area contributed by atoms with Crippen LogP contribution in [0.2, 0.25) is 0 Å². The Morgan fingerprint density at radius 1 is 1.04 bits per heavy atom. The van der Waals surface area contributed by atoms with E-state index in [9.17, 15) is 13.2 Å². The van der Waals surface area contributed by atoms with E-state index in [1.165, 1.54) is 12.1 Å². The number of hydrogen-bond acceptors (Lipinski definition) is 3. The predicted octanol–water partition coefficient (Wildman–Crippen LogP) is 3.33. The van der Waals surface area contributed by atoms with Crippen molar-refractivity contribution >= 4 is 21.6 Å². The molecule has 0 aliphatic rings. The SMILES string of the molecule is CCCCNC(=O)c1cccc(NS(=O)(=O)c2ccccc2)c1C. The molecule has 0 bridgehead atoms. The number of nitrogens with one attached hydrogen (secondary N) is 2. The summed E-state index contributed by atoms with van der Waals surface area (Å²) in [7, 11) is -3.68. The predicted molar refractivity (Wildman–Crippen MR) is 95.7 cm³/mol. The van der Waals surface area contributed by atoms with Crippen LogP contribution in [0.4, 0.5) is 5.69 Å². The highest BCUT2D eigenvalue weighted by Gasteiger charge is 2.17. The minimum atomic E-state index is -3.68. The maximum absolute atomic E-state index is 12.4. The number of sulfonamides is 1. The number of anilines is 1. The molecular formula is C18H22N2O3S. The molecule has 2 N–H and O–H groups in total. The maximum atomic E-state index is 12.4. The maximum Gasteiger partial charge on any atom is 0.261 e. The molecule has 0 heterocycles. The molecule has 6 heteroatoms. The Morgan fingerprint density at radius 2 is 1.75 bits per heavy atom. The average molecular weight is 346 g/mol. The second-order valence-corrected chi connectivity index (χ2v) is 7.19. The summed E-state index contributed by atoms with van der Waals surface area (Å²) in [6, 6.07) is 13.2. The third kappa shape index (κ3) is 4.35. The third-order valence-electron chi connectivity index (χ3n) is 3.69. The Morgan fingerprint density at radius 3 is 2.42 bits per heavy atom. The second kappa shape index (κ2) is 7.97. The van der Waals surface area contributed by atoms with E-state index in [1.807, 2.05) is 0 Å². The van der Waals surface area contributed by atoms with Gasteiger partial charge in [0.05, 0.1) is 10.6 Å².